The van der Waals surface area contributed by atoms with Crippen molar-refractivity contribution in [2.75, 3.05) is 0 Å². The Morgan fingerprint density at radius 1 is 1.03 bits per heavy atom. The van der Waals surface area contributed by atoms with Gasteiger partial charge in [-0.25, -0.2) is 4.79 Å². The maximum atomic E-state index is 13.5. The highest BCUT2D eigenvalue weighted by Gasteiger charge is 2.38. The van der Waals surface area contributed by atoms with Crippen LogP contribution in [-0.4, -0.2) is 40.0 Å². The van der Waals surface area contributed by atoms with E-state index < -0.39 is 41.1 Å². The van der Waals surface area contributed by atoms with Gasteiger partial charge in [0.1, 0.15) is 17.7 Å². The number of aryl methyl sites for hydroxylation is 1. The Kier molecular flexibility index (Phi) is 8.90. The predicted molar refractivity (Wildman–Crippen MR) is 125 cm³/mol. The summed E-state index contributed by atoms with van der Waals surface area (Å²) >= 11 is 0. The van der Waals surface area contributed by atoms with Crippen LogP contribution >= 0.6 is 0 Å². The van der Waals surface area contributed by atoms with Gasteiger partial charge >= 0.3 is 6.09 Å². The minimum atomic E-state index is -1.06. The Hall–Kier alpha value is -3.01. The lowest BCUT2D eigenvalue weighted by atomic mass is 9.98. The fourth-order valence-corrected chi connectivity index (χ4v) is 2.97. The molecule has 0 heterocycles. The second-order valence-corrected chi connectivity index (χ2v) is 10.3. The molecular formula is C25H37N3O4. The standard InChI is InChI=1S/C25H37N3O4/c1-11-28(22(30)19(16(2)3)26-23(31)32-25(8,9)10)20(21(29)27-24(5,6)7)18-14-12-17(4)13-15-18/h1,12-16,19-20H,2-10H3,(H,26,31)(H,27,29). The summed E-state index contributed by atoms with van der Waals surface area (Å²) in [5.41, 5.74) is 0.324. The van der Waals surface area contributed by atoms with Crippen LogP contribution in [-0.2, 0) is 14.3 Å². The summed E-state index contributed by atoms with van der Waals surface area (Å²) in [6.07, 6.45) is 5.02. The molecule has 2 unspecified atom stereocenters. The van der Waals surface area contributed by atoms with Gasteiger partial charge in [-0.3, -0.25) is 14.5 Å². The van der Waals surface area contributed by atoms with E-state index in [1.54, 1.807) is 46.8 Å². The van der Waals surface area contributed by atoms with Crippen LogP contribution in [0.5, 0.6) is 0 Å². The lowest BCUT2D eigenvalue weighted by Gasteiger charge is -2.33. The predicted octanol–water partition coefficient (Wildman–Crippen LogP) is 3.92. The number of nitrogens with one attached hydrogen (secondary N) is 2. The Morgan fingerprint density at radius 3 is 1.97 bits per heavy atom. The van der Waals surface area contributed by atoms with Gasteiger partial charge in [0.15, 0.2) is 0 Å². The molecule has 2 N–H and O–H groups in total. The van der Waals surface area contributed by atoms with Crippen molar-refractivity contribution in [1.29, 1.82) is 0 Å². The van der Waals surface area contributed by atoms with Gasteiger partial charge in [0, 0.05) is 11.6 Å². The summed E-state index contributed by atoms with van der Waals surface area (Å²) < 4.78 is 5.30. The van der Waals surface area contributed by atoms with Gasteiger partial charge in [-0.1, -0.05) is 50.1 Å². The molecule has 1 aromatic carbocycles. The van der Waals surface area contributed by atoms with Crippen LogP contribution < -0.4 is 10.6 Å². The van der Waals surface area contributed by atoms with Gasteiger partial charge in [0.25, 0.3) is 5.91 Å². The molecule has 1 aromatic rings. The van der Waals surface area contributed by atoms with E-state index in [1.807, 2.05) is 39.8 Å². The zero-order valence-corrected chi connectivity index (χ0v) is 20.7. The first-order chi connectivity index (χ1) is 14.6. The Morgan fingerprint density at radius 2 is 1.56 bits per heavy atom. The molecule has 7 nitrogen and oxygen atoms in total. The Bertz CT molecular complexity index is 855. The van der Waals surface area contributed by atoms with Crippen LogP contribution in [0.1, 0.15) is 72.6 Å². The SMILES string of the molecule is C#CN(C(=O)C(NC(=O)OC(C)(C)C)C(C)C)C(C(=O)NC(C)(C)C)c1ccc(C)cc1. The van der Waals surface area contributed by atoms with E-state index in [0.29, 0.717) is 5.56 Å². The number of carbonyl (C=O) groups excluding carboxylic acids is 3. The van der Waals surface area contributed by atoms with E-state index in [0.717, 1.165) is 10.5 Å². The third-order valence-electron chi connectivity index (χ3n) is 4.38. The van der Waals surface area contributed by atoms with Crippen molar-refractivity contribution in [2.45, 2.75) is 85.5 Å². The number of hydrogen-bond acceptors (Lipinski definition) is 4. The first kappa shape index (κ1) is 27.0. The van der Waals surface area contributed by atoms with Crippen LogP contribution in [0.4, 0.5) is 4.79 Å². The van der Waals surface area contributed by atoms with E-state index in [9.17, 15) is 14.4 Å². The summed E-state index contributed by atoms with van der Waals surface area (Å²) in [4.78, 5) is 40.1. The molecule has 0 aliphatic rings. The normalized spacial score (nSPS) is 13.5. The van der Waals surface area contributed by atoms with E-state index in [1.165, 1.54) is 0 Å². The van der Waals surface area contributed by atoms with Gasteiger partial charge in [0.05, 0.1) is 0 Å². The number of carbonyl (C=O) groups is 3. The number of alkyl carbamates (subject to hydrolysis) is 1. The molecule has 0 aromatic heterocycles. The van der Waals surface area contributed by atoms with E-state index in [4.69, 9.17) is 11.2 Å². The highest BCUT2D eigenvalue weighted by atomic mass is 16.6. The monoisotopic (exact) mass is 443 g/mol. The summed E-state index contributed by atoms with van der Waals surface area (Å²) in [7, 11) is 0. The molecule has 0 bridgehead atoms. The van der Waals surface area contributed by atoms with E-state index in [-0.39, 0.29) is 5.92 Å². The van der Waals surface area contributed by atoms with Gasteiger partial charge in [-0.05, 0) is 59.9 Å². The van der Waals surface area contributed by atoms with Crippen molar-refractivity contribution in [2.24, 2.45) is 5.92 Å². The summed E-state index contributed by atoms with van der Waals surface area (Å²) in [6.45, 7) is 16.2. The van der Waals surface area contributed by atoms with E-state index >= 15 is 0 Å². The van der Waals surface area contributed by atoms with Gasteiger partial charge in [0.2, 0.25) is 5.91 Å². The van der Waals surface area contributed by atoms with Crippen molar-refractivity contribution in [3.63, 3.8) is 0 Å². The number of hydrogen-bond donors (Lipinski definition) is 2. The van der Waals surface area contributed by atoms with Crippen molar-refractivity contribution in [3.05, 3.63) is 35.4 Å². The molecule has 7 heteroatoms. The molecule has 32 heavy (non-hydrogen) atoms. The molecule has 0 fully saturated rings. The smallest absolute Gasteiger partial charge is 0.408 e. The first-order valence-electron chi connectivity index (χ1n) is 10.7. The number of benzene rings is 1. The minimum Gasteiger partial charge on any atom is -0.444 e. The number of amides is 3. The second-order valence-electron chi connectivity index (χ2n) is 10.3. The van der Waals surface area contributed by atoms with E-state index in [2.05, 4.69) is 16.7 Å². The highest BCUT2D eigenvalue weighted by Crippen LogP contribution is 2.24. The molecule has 176 valence electrons. The third kappa shape index (κ3) is 8.26. The van der Waals surface area contributed by atoms with Gasteiger partial charge in [-0.2, -0.15) is 0 Å². The molecule has 3 amide bonds. The van der Waals surface area contributed by atoms with Crippen LogP contribution in [0.15, 0.2) is 24.3 Å². The van der Waals surface area contributed by atoms with Crippen molar-refractivity contribution in [3.8, 4) is 12.5 Å². The molecule has 2 atom stereocenters. The molecule has 0 spiro atoms. The lowest BCUT2D eigenvalue weighted by molar-refractivity contribution is -0.140. The third-order valence-corrected chi connectivity index (χ3v) is 4.38. The Balaban J connectivity index is 3.36. The van der Waals surface area contributed by atoms with Crippen molar-refractivity contribution in [1.82, 2.24) is 15.5 Å². The van der Waals surface area contributed by atoms with Gasteiger partial charge < -0.3 is 15.4 Å². The molecule has 0 aliphatic carbocycles. The van der Waals surface area contributed by atoms with Crippen LogP contribution in [0.2, 0.25) is 0 Å². The second kappa shape index (κ2) is 10.5. The molecule has 0 radical (unpaired) electrons. The summed E-state index contributed by atoms with van der Waals surface area (Å²) in [5, 5.41) is 5.51. The highest BCUT2D eigenvalue weighted by molar-refractivity contribution is 5.93. The molecule has 1 rings (SSSR count). The topological polar surface area (TPSA) is 87.7 Å². The Labute approximate surface area is 192 Å². The lowest BCUT2D eigenvalue weighted by Crippen LogP contribution is -2.54. The van der Waals surface area contributed by atoms with Gasteiger partial charge in [-0.15, -0.1) is 0 Å². The summed E-state index contributed by atoms with van der Waals surface area (Å²) in [5.74, 6) is -1.27. The van der Waals surface area contributed by atoms with Crippen LogP contribution in [0, 0.1) is 25.3 Å². The minimum absolute atomic E-state index is 0.296. The largest absolute Gasteiger partial charge is 0.444 e. The summed E-state index contributed by atoms with van der Waals surface area (Å²) in [6, 6.07) is 7.58. The number of rotatable bonds is 6. The zero-order chi connectivity index (χ0) is 24.9. The number of ether oxygens (including phenoxy) is 1. The molecule has 0 saturated carbocycles. The number of terminal acetylenes is 1. The number of nitrogens with zero attached hydrogens (tertiary/aromatic N) is 1. The molecule has 0 aliphatic heterocycles. The average Bonchev–Trinajstić information content (AvgIpc) is 2.61. The quantitative estimate of drug-likeness (QED) is 0.515. The van der Waals surface area contributed by atoms with Crippen molar-refractivity contribution >= 4 is 17.9 Å². The van der Waals surface area contributed by atoms with Crippen LogP contribution in [0.25, 0.3) is 0 Å². The molecular weight excluding hydrogens is 406 g/mol. The molecule has 0 saturated heterocycles. The maximum absolute atomic E-state index is 13.5. The first-order valence-corrected chi connectivity index (χ1v) is 10.7. The average molecular weight is 444 g/mol. The zero-order valence-electron chi connectivity index (χ0n) is 20.7. The maximum Gasteiger partial charge on any atom is 0.408 e. The van der Waals surface area contributed by atoms with Crippen molar-refractivity contribution < 1.29 is 19.1 Å². The van der Waals surface area contributed by atoms with Crippen LogP contribution in [0.3, 0.4) is 0 Å². The fourth-order valence-electron chi connectivity index (χ4n) is 2.97. The fraction of sp³-hybridized carbons (Fsp3) is 0.560.